The second-order valence-corrected chi connectivity index (χ2v) is 9.86. The van der Waals surface area contributed by atoms with E-state index in [1.54, 1.807) is 19.2 Å². The fourth-order valence-electron chi connectivity index (χ4n) is 3.57. The van der Waals surface area contributed by atoms with Gasteiger partial charge in [0.1, 0.15) is 5.75 Å². The van der Waals surface area contributed by atoms with Gasteiger partial charge in [-0.2, -0.15) is 0 Å². The van der Waals surface area contributed by atoms with Crippen LogP contribution in [0.1, 0.15) is 19.3 Å². The third kappa shape index (κ3) is 4.96. The van der Waals surface area contributed by atoms with Crippen LogP contribution in [-0.2, 0) is 19.4 Å². The number of likely N-dealkylation sites (tertiary alicyclic amines) is 1. The number of benzene rings is 2. The number of nitrogens with two attached hydrogens (primary N) is 1. The molecule has 1 aliphatic rings. The molecule has 1 unspecified atom stereocenters. The zero-order valence-corrected chi connectivity index (χ0v) is 19.2. The van der Waals surface area contributed by atoms with Crippen LogP contribution in [0, 0.1) is 11.8 Å². The standard InChI is InChI=1S/C24H28N2O5S/c1-30-21-11-7-19(8-12-21)20-9-13-22(14-10-20)32(28,29)24(25,23(27)31-2)15-3-4-16-26-17-5-6-18-26/h7-14H,5-6,15-18,25H2,1-2H3. The molecule has 0 spiro atoms. The first-order chi connectivity index (χ1) is 15.3. The van der Waals surface area contributed by atoms with Crippen molar-refractivity contribution in [2.75, 3.05) is 33.9 Å². The molecule has 1 aliphatic heterocycles. The zero-order chi connectivity index (χ0) is 23.2. The monoisotopic (exact) mass is 456 g/mol. The highest BCUT2D eigenvalue weighted by molar-refractivity contribution is 7.93. The fourth-order valence-corrected chi connectivity index (χ4v) is 5.05. The van der Waals surface area contributed by atoms with Gasteiger partial charge in [-0.1, -0.05) is 36.1 Å². The zero-order valence-electron chi connectivity index (χ0n) is 18.3. The number of ether oxygens (including phenoxy) is 2. The number of sulfone groups is 1. The Bertz CT molecular complexity index is 1100. The van der Waals surface area contributed by atoms with Gasteiger partial charge in [-0.3, -0.25) is 4.90 Å². The molecule has 0 radical (unpaired) electrons. The SMILES string of the molecule is COC(=O)C(N)(CC#CCN1CCCC1)S(=O)(=O)c1ccc(-c2ccc(OC)cc2)cc1. The molecule has 8 heteroatoms. The lowest BCUT2D eigenvalue weighted by Gasteiger charge is -2.24. The third-order valence-corrected chi connectivity index (χ3v) is 7.74. The molecule has 2 N–H and O–H groups in total. The summed E-state index contributed by atoms with van der Waals surface area (Å²) in [5.41, 5.74) is 7.86. The Hall–Kier alpha value is -2.86. The summed E-state index contributed by atoms with van der Waals surface area (Å²) in [5.74, 6) is 5.41. The van der Waals surface area contributed by atoms with E-state index in [4.69, 9.17) is 15.2 Å². The summed E-state index contributed by atoms with van der Waals surface area (Å²) < 4.78 is 36.5. The van der Waals surface area contributed by atoms with Crippen molar-refractivity contribution in [2.24, 2.45) is 5.73 Å². The molecule has 2 aromatic carbocycles. The van der Waals surface area contributed by atoms with Gasteiger partial charge >= 0.3 is 5.97 Å². The molecule has 1 atom stereocenters. The van der Waals surface area contributed by atoms with E-state index in [9.17, 15) is 13.2 Å². The second-order valence-electron chi connectivity index (χ2n) is 7.65. The molecule has 7 nitrogen and oxygen atoms in total. The molecule has 0 amide bonds. The lowest BCUT2D eigenvalue weighted by atomic mass is 10.1. The Labute approximate surface area is 189 Å². The summed E-state index contributed by atoms with van der Waals surface area (Å²) in [6.45, 7) is 2.46. The lowest BCUT2D eigenvalue weighted by molar-refractivity contribution is -0.143. The van der Waals surface area contributed by atoms with Crippen molar-refractivity contribution >= 4 is 15.8 Å². The van der Waals surface area contributed by atoms with Crippen LogP contribution in [0.2, 0.25) is 0 Å². The van der Waals surface area contributed by atoms with Crippen molar-refractivity contribution in [1.29, 1.82) is 0 Å². The van der Waals surface area contributed by atoms with Crippen LogP contribution in [-0.4, -0.2) is 58.0 Å². The molecule has 2 aromatic rings. The van der Waals surface area contributed by atoms with E-state index >= 15 is 0 Å². The van der Waals surface area contributed by atoms with E-state index in [-0.39, 0.29) is 11.3 Å². The van der Waals surface area contributed by atoms with E-state index in [2.05, 4.69) is 16.7 Å². The molecule has 1 saturated heterocycles. The van der Waals surface area contributed by atoms with Gasteiger partial charge in [0.2, 0.25) is 14.7 Å². The predicted molar refractivity (Wildman–Crippen MR) is 123 cm³/mol. The van der Waals surface area contributed by atoms with Crippen molar-refractivity contribution < 1.29 is 22.7 Å². The lowest BCUT2D eigenvalue weighted by Crippen LogP contribution is -2.55. The van der Waals surface area contributed by atoms with Gasteiger partial charge in [0, 0.05) is 0 Å². The van der Waals surface area contributed by atoms with Crippen molar-refractivity contribution in [1.82, 2.24) is 4.90 Å². The Balaban J connectivity index is 1.83. The van der Waals surface area contributed by atoms with Gasteiger partial charge in [-0.25, -0.2) is 13.2 Å². The maximum Gasteiger partial charge on any atom is 0.343 e. The highest BCUT2D eigenvalue weighted by atomic mass is 32.2. The maximum absolute atomic E-state index is 13.3. The van der Waals surface area contributed by atoms with Gasteiger partial charge in [0.15, 0.2) is 0 Å². The molecule has 0 saturated carbocycles. The predicted octanol–water partition coefficient (Wildman–Crippen LogP) is 2.45. The number of carbonyl (C=O) groups excluding carboxylic acids is 1. The minimum absolute atomic E-state index is 0.0657. The summed E-state index contributed by atoms with van der Waals surface area (Å²) in [7, 11) is -1.55. The number of nitrogens with zero attached hydrogens (tertiary/aromatic N) is 1. The van der Waals surface area contributed by atoms with E-state index in [0.717, 1.165) is 49.9 Å². The first-order valence-corrected chi connectivity index (χ1v) is 11.8. The van der Waals surface area contributed by atoms with Crippen LogP contribution < -0.4 is 10.5 Å². The topological polar surface area (TPSA) is 98.9 Å². The quantitative estimate of drug-likeness (QED) is 0.505. The molecule has 170 valence electrons. The van der Waals surface area contributed by atoms with E-state index in [0.29, 0.717) is 6.54 Å². The second kappa shape index (κ2) is 10.2. The Kier molecular flexibility index (Phi) is 7.56. The van der Waals surface area contributed by atoms with Crippen molar-refractivity contribution in [2.45, 2.75) is 29.0 Å². The van der Waals surface area contributed by atoms with Gasteiger partial charge < -0.3 is 15.2 Å². The normalized spacial score (nSPS) is 16.0. The van der Waals surface area contributed by atoms with Crippen LogP contribution in [0.4, 0.5) is 0 Å². The highest BCUT2D eigenvalue weighted by Gasteiger charge is 2.49. The Morgan fingerprint density at radius 3 is 2.09 bits per heavy atom. The molecule has 0 aliphatic carbocycles. The molecule has 1 fully saturated rings. The first kappa shape index (κ1) is 23.8. The average Bonchev–Trinajstić information content (AvgIpc) is 3.34. The Morgan fingerprint density at radius 2 is 1.56 bits per heavy atom. The fraction of sp³-hybridized carbons (Fsp3) is 0.375. The molecular weight excluding hydrogens is 428 g/mol. The number of rotatable bonds is 7. The van der Waals surface area contributed by atoms with Crippen molar-refractivity contribution in [3.63, 3.8) is 0 Å². The highest BCUT2D eigenvalue weighted by Crippen LogP contribution is 2.29. The smallest absolute Gasteiger partial charge is 0.343 e. The van der Waals surface area contributed by atoms with Crippen molar-refractivity contribution in [3.05, 3.63) is 48.5 Å². The van der Waals surface area contributed by atoms with Crippen LogP contribution in [0.15, 0.2) is 53.4 Å². The number of hydrogen-bond donors (Lipinski definition) is 1. The summed E-state index contributed by atoms with van der Waals surface area (Å²) in [6.07, 6.45) is 1.91. The summed E-state index contributed by atoms with van der Waals surface area (Å²) in [6, 6.07) is 13.6. The van der Waals surface area contributed by atoms with Crippen molar-refractivity contribution in [3.8, 4) is 28.7 Å². The minimum Gasteiger partial charge on any atom is -0.497 e. The van der Waals surface area contributed by atoms with Crippen LogP contribution >= 0.6 is 0 Å². The van der Waals surface area contributed by atoms with Gasteiger partial charge in [0.25, 0.3) is 0 Å². The Morgan fingerprint density at radius 1 is 1.00 bits per heavy atom. The largest absolute Gasteiger partial charge is 0.497 e. The third-order valence-electron chi connectivity index (χ3n) is 5.58. The van der Waals surface area contributed by atoms with Crippen LogP contribution in [0.25, 0.3) is 11.1 Å². The molecular formula is C24H28N2O5S. The number of carbonyl (C=O) groups is 1. The number of esters is 1. The number of hydrogen-bond acceptors (Lipinski definition) is 7. The molecule has 0 bridgehead atoms. The molecule has 32 heavy (non-hydrogen) atoms. The van der Waals surface area contributed by atoms with Crippen LogP contribution in [0.5, 0.6) is 5.75 Å². The van der Waals surface area contributed by atoms with Gasteiger partial charge in [0.05, 0.1) is 32.1 Å². The summed E-state index contributed by atoms with van der Waals surface area (Å²) >= 11 is 0. The summed E-state index contributed by atoms with van der Waals surface area (Å²) in [4.78, 5) is 12.3. The van der Waals surface area contributed by atoms with Gasteiger partial charge in [-0.05, 0) is 61.3 Å². The van der Waals surface area contributed by atoms with Gasteiger partial charge in [-0.15, -0.1) is 0 Å². The molecule has 1 heterocycles. The van der Waals surface area contributed by atoms with E-state index in [1.165, 1.54) is 12.1 Å². The minimum atomic E-state index is -4.25. The van der Waals surface area contributed by atoms with Crippen LogP contribution in [0.3, 0.4) is 0 Å². The number of methoxy groups -OCH3 is 2. The summed E-state index contributed by atoms with van der Waals surface area (Å²) in [5, 5.41) is 0. The first-order valence-electron chi connectivity index (χ1n) is 10.4. The van der Waals surface area contributed by atoms with E-state index < -0.39 is 20.7 Å². The van der Waals surface area contributed by atoms with E-state index in [1.807, 2.05) is 24.3 Å². The molecule has 3 rings (SSSR count). The average molecular weight is 457 g/mol. The maximum atomic E-state index is 13.3. The molecule has 0 aromatic heterocycles.